The lowest BCUT2D eigenvalue weighted by molar-refractivity contribution is -0.117. The summed E-state index contributed by atoms with van der Waals surface area (Å²) >= 11 is 0. The van der Waals surface area contributed by atoms with Crippen molar-refractivity contribution in [3.05, 3.63) is 83.4 Å². The Balaban J connectivity index is 1.79. The molecule has 0 aliphatic rings. The van der Waals surface area contributed by atoms with Gasteiger partial charge in [0.2, 0.25) is 5.91 Å². The van der Waals surface area contributed by atoms with Crippen LogP contribution in [0.1, 0.15) is 17.2 Å². The number of halogens is 2. The van der Waals surface area contributed by atoms with Crippen LogP contribution in [0.4, 0.5) is 8.78 Å². The number of rotatable bonds is 6. The minimum absolute atomic E-state index is 0.295. The van der Waals surface area contributed by atoms with Crippen LogP contribution in [0.2, 0.25) is 0 Å². The predicted octanol–water partition coefficient (Wildman–Crippen LogP) is 3.99. The van der Waals surface area contributed by atoms with Gasteiger partial charge in [0, 0.05) is 11.6 Å². The SMILES string of the molecule is COc1ccc2ccc([C@H](CO)NC(=O)C=Cc3c(F)cccc3F)cc2c1. The molecule has 0 radical (unpaired) electrons. The first kappa shape index (κ1) is 19.5. The molecule has 0 fully saturated rings. The molecule has 0 spiro atoms. The molecule has 144 valence electrons. The molecule has 0 aliphatic carbocycles. The van der Waals surface area contributed by atoms with Crippen LogP contribution in [0.5, 0.6) is 5.75 Å². The molecule has 0 saturated carbocycles. The number of methoxy groups -OCH3 is 1. The van der Waals surface area contributed by atoms with Crippen molar-refractivity contribution in [1.29, 1.82) is 0 Å². The van der Waals surface area contributed by atoms with E-state index in [2.05, 4.69) is 5.32 Å². The maximum absolute atomic E-state index is 13.6. The van der Waals surface area contributed by atoms with Gasteiger partial charge < -0.3 is 15.2 Å². The fraction of sp³-hybridized carbons (Fsp3) is 0.136. The van der Waals surface area contributed by atoms with Gasteiger partial charge in [0.05, 0.1) is 19.8 Å². The number of aliphatic hydroxyl groups is 1. The van der Waals surface area contributed by atoms with Crippen LogP contribution in [-0.2, 0) is 4.79 Å². The van der Waals surface area contributed by atoms with Crippen molar-refractivity contribution in [2.24, 2.45) is 0 Å². The number of ether oxygens (including phenoxy) is 1. The second kappa shape index (κ2) is 8.63. The number of aliphatic hydroxyl groups excluding tert-OH is 1. The molecule has 1 amide bonds. The van der Waals surface area contributed by atoms with Gasteiger partial charge in [0.1, 0.15) is 17.4 Å². The largest absolute Gasteiger partial charge is 0.497 e. The Morgan fingerprint density at radius 3 is 2.50 bits per heavy atom. The minimum Gasteiger partial charge on any atom is -0.497 e. The number of hydrogen-bond acceptors (Lipinski definition) is 3. The molecule has 0 unspecified atom stereocenters. The number of carbonyl (C=O) groups is 1. The predicted molar refractivity (Wildman–Crippen MR) is 104 cm³/mol. The van der Waals surface area contributed by atoms with Gasteiger partial charge in [0.25, 0.3) is 0 Å². The maximum Gasteiger partial charge on any atom is 0.244 e. The molecule has 0 saturated heterocycles. The normalized spacial score (nSPS) is 12.3. The van der Waals surface area contributed by atoms with Gasteiger partial charge in [-0.15, -0.1) is 0 Å². The van der Waals surface area contributed by atoms with Gasteiger partial charge in [0.15, 0.2) is 0 Å². The van der Waals surface area contributed by atoms with Gasteiger partial charge in [-0.25, -0.2) is 8.78 Å². The second-order valence-electron chi connectivity index (χ2n) is 6.18. The van der Waals surface area contributed by atoms with Crippen LogP contribution in [0.15, 0.2) is 60.7 Å². The van der Waals surface area contributed by atoms with Gasteiger partial charge >= 0.3 is 0 Å². The highest BCUT2D eigenvalue weighted by Gasteiger charge is 2.13. The molecule has 6 heteroatoms. The van der Waals surface area contributed by atoms with Crippen molar-refractivity contribution in [2.75, 3.05) is 13.7 Å². The van der Waals surface area contributed by atoms with E-state index in [1.807, 2.05) is 30.3 Å². The minimum atomic E-state index is -0.758. The Labute approximate surface area is 161 Å². The highest BCUT2D eigenvalue weighted by molar-refractivity contribution is 5.92. The average Bonchev–Trinajstić information content (AvgIpc) is 2.70. The highest BCUT2D eigenvalue weighted by Crippen LogP contribution is 2.24. The van der Waals surface area contributed by atoms with Crippen molar-refractivity contribution in [1.82, 2.24) is 5.32 Å². The van der Waals surface area contributed by atoms with Crippen molar-refractivity contribution >= 4 is 22.8 Å². The van der Waals surface area contributed by atoms with Crippen molar-refractivity contribution in [3.63, 3.8) is 0 Å². The Hall–Kier alpha value is -3.25. The van der Waals surface area contributed by atoms with Crippen molar-refractivity contribution < 1.29 is 23.4 Å². The molecular weight excluding hydrogens is 364 g/mol. The van der Waals surface area contributed by atoms with E-state index in [0.717, 1.165) is 35.1 Å². The smallest absolute Gasteiger partial charge is 0.244 e. The number of fused-ring (bicyclic) bond motifs is 1. The topological polar surface area (TPSA) is 58.6 Å². The summed E-state index contributed by atoms with van der Waals surface area (Å²) in [6, 6.07) is 13.9. The summed E-state index contributed by atoms with van der Waals surface area (Å²) in [4.78, 5) is 12.2. The lowest BCUT2D eigenvalue weighted by Gasteiger charge is -2.16. The Kier molecular flexibility index (Phi) is 6.01. The number of carbonyl (C=O) groups excluding carboxylic acids is 1. The zero-order valence-corrected chi connectivity index (χ0v) is 15.2. The van der Waals surface area contributed by atoms with Crippen LogP contribution in [0.3, 0.4) is 0 Å². The third-order valence-corrected chi connectivity index (χ3v) is 4.37. The average molecular weight is 383 g/mol. The molecule has 0 aliphatic heterocycles. The van der Waals surface area contributed by atoms with E-state index in [0.29, 0.717) is 11.3 Å². The molecule has 0 heterocycles. The summed E-state index contributed by atoms with van der Waals surface area (Å²) in [5.74, 6) is -1.39. The van der Waals surface area contributed by atoms with Gasteiger partial charge in [-0.1, -0.05) is 24.3 Å². The number of hydrogen-bond donors (Lipinski definition) is 2. The molecular formula is C22H19F2NO3. The lowest BCUT2D eigenvalue weighted by Crippen LogP contribution is -2.29. The summed E-state index contributed by atoms with van der Waals surface area (Å²) < 4.78 is 32.5. The van der Waals surface area contributed by atoms with Crippen LogP contribution in [-0.4, -0.2) is 24.7 Å². The van der Waals surface area contributed by atoms with Gasteiger partial charge in [-0.2, -0.15) is 0 Å². The lowest BCUT2D eigenvalue weighted by atomic mass is 10.0. The van der Waals surface area contributed by atoms with Crippen LogP contribution in [0.25, 0.3) is 16.8 Å². The monoisotopic (exact) mass is 383 g/mol. The standard InChI is InChI=1S/C22H19F2NO3/c1-28-17-8-7-14-5-6-15(11-16(14)12-17)21(13-26)25-22(27)10-9-18-19(23)3-2-4-20(18)24/h2-12,21,26H,13H2,1H3,(H,25,27)/t21-/m0/s1. The summed E-state index contributed by atoms with van der Waals surface area (Å²) in [7, 11) is 1.58. The summed E-state index contributed by atoms with van der Waals surface area (Å²) in [6.07, 6.45) is 2.11. The Morgan fingerprint density at radius 1 is 1.11 bits per heavy atom. The zero-order valence-electron chi connectivity index (χ0n) is 15.2. The van der Waals surface area contributed by atoms with E-state index in [4.69, 9.17) is 4.74 Å². The van der Waals surface area contributed by atoms with Crippen LogP contribution in [0, 0.1) is 11.6 Å². The number of benzene rings is 3. The first-order valence-electron chi connectivity index (χ1n) is 8.63. The molecule has 2 N–H and O–H groups in total. The van der Waals surface area contributed by atoms with E-state index >= 15 is 0 Å². The fourth-order valence-electron chi connectivity index (χ4n) is 2.87. The van der Waals surface area contributed by atoms with Crippen molar-refractivity contribution in [3.8, 4) is 5.75 Å². The molecule has 3 aromatic carbocycles. The molecule has 1 atom stereocenters. The summed E-state index contributed by atoms with van der Waals surface area (Å²) in [6.45, 7) is -0.330. The number of amides is 1. The molecule has 4 nitrogen and oxygen atoms in total. The third kappa shape index (κ3) is 4.35. The second-order valence-corrected chi connectivity index (χ2v) is 6.18. The summed E-state index contributed by atoms with van der Waals surface area (Å²) in [5, 5.41) is 14.2. The molecule has 3 aromatic rings. The third-order valence-electron chi connectivity index (χ3n) is 4.37. The fourth-order valence-corrected chi connectivity index (χ4v) is 2.87. The molecule has 3 rings (SSSR count). The van der Waals surface area contributed by atoms with Crippen molar-refractivity contribution in [2.45, 2.75) is 6.04 Å². The van der Waals surface area contributed by atoms with Gasteiger partial charge in [-0.05, 0) is 52.7 Å². The quantitative estimate of drug-likeness (QED) is 0.633. The van der Waals surface area contributed by atoms with E-state index in [-0.39, 0.29) is 12.2 Å². The van der Waals surface area contributed by atoms with Crippen LogP contribution >= 0.6 is 0 Å². The first-order valence-corrected chi connectivity index (χ1v) is 8.63. The van der Waals surface area contributed by atoms with E-state index in [1.54, 1.807) is 13.2 Å². The Bertz CT molecular complexity index is 1010. The van der Waals surface area contributed by atoms with E-state index < -0.39 is 23.6 Å². The van der Waals surface area contributed by atoms with E-state index in [9.17, 15) is 18.7 Å². The molecule has 28 heavy (non-hydrogen) atoms. The Morgan fingerprint density at radius 2 is 1.82 bits per heavy atom. The van der Waals surface area contributed by atoms with E-state index in [1.165, 1.54) is 6.07 Å². The van der Waals surface area contributed by atoms with Crippen LogP contribution < -0.4 is 10.1 Å². The highest BCUT2D eigenvalue weighted by atomic mass is 19.1. The zero-order chi connectivity index (χ0) is 20.1. The number of nitrogens with one attached hydrogen (secondary N) is 1. The van der Waals surface area contributed by atoms with Gasteiger partial charge in [-0.3, -0.25) is 4.79 Å². The first-order chi connectivity index (χ1) is 13.5. The molecule has 0 bridgehead atoms. The maximum atomic E-state index is 13.6. The molecule has 0 aromatic heterocycles. The summed E-state index contributed by atoms with van der Waals surface area (Å²) in [5.41, 5.74) is 0.401.